The van der Waals surface area contributed by atoms with Gasteiger partial charge < -0.3 is 4.74 Å². The summed E-state index contributed by atoms with van der Waals surface area (Å²) in [5, 5.41) is 1.30. The Labute approximate surface area is 190 Å². The van der Waals surface area contributed by atoms with Crippen molar-refractivity contribution < 1.29 is 9.53 Å². The number of hydrogen-bond acceptors (Lipinski definition) is 6. The molecule has 1 aromatic carbocycles. The van der Waals surface area contributed by atoms with Crippen molar-refractivity contribution in [1.82, 2.24) is 9.55 Å². The summed E-state index contributed by atoms with van der Waals surface area (Å²) in [6.07, 6.45) is 7.26. The summed E-state index contributed by atoms with van der Waals surface area (Å²) in [7, 11) is 0. The number of aryl methyl sites for hydroxylation is 3. The van der Waals surface area contributed by atoms with Gasteiger partial charge in [0.2, 0.25) is 0 Å². The summed E-state index contributed by atoms with van der Waals surface area (Å²) in [5.41, 5.74) is 3.05. The number of hydrogen-bond donors (Lipinski definition) is 0. The molecule has 0 N–H and O–H groups in total. The molecule has 3 aromatic rings. The molecule has 4 rings (SSSR count). The number of ether oxygens (including phenoxy) is 1. The lowest BCUT2D eigenvalue weighted by atomic mass is 9.97. The van der Waals surface area contributed by atoms with Gasteiger partial charge in [-0.3, -0.25) is 14.2 Å². The van der Waals surface area contributed by atoms with Gasteiger partial charge in [0.25, 0.3) is 5.56 Å². The highest BCUT2D eigenvalue weighted by atomic mass is 32.2. The highest BCUT2D eigenvalue weighted by Gasteiger charge is 2.23. The van der Waals surface area contributed by atoms with Crippen LogP contribution in [0.25, 0.3) is 15.9 Å². The molecule has 2 aromatic heterocycles. The maximum Gasteiger partial charge on any atom is 0.316 e. The van der Waals surface area contributed by atoms with Crippen LogP contribution < -0.4 is 5.56 Å². The van der Waals surface area contributed by atoms with Gasteiger partial charge in [-0.15, -0.1) is 11.3 Å². The second-order valence-electron chi connectivity index (χ2n) is 7.98. The van der Waals surface area contributed by atoms with Crippen molar-refractivity contribution in [2.24, 2.45) is 0 Å². The number of unbranched alkanes of at least 4 members (excludes halogenated alkanes) is 2. The zero-order valence-electron chi connectivity index (χ0n) is 18.1. The van der Waals surface area contributed by atoms with Crippen LogP contribution in [0.1, 0.15) is 55.0 Å². The topological polar surface area (TPSA) is 61.2 Å². The van der Waals surface area contributed by atoms with Crippen LogP contribution in [-0.2, 0) is 22.4 Å². The Hall–Kier alpha value is -2.12. The molecule has 0 atom stereocenters. The minimum atomic E-state index is -0.267. The van der Waals surface area contributed by atoms with Crippen LogP contribution >= 0.6 is 23.1 Å². The van der Waals surface area contributed by atoms with Gasteiger partial charge in [-0.25, -0.2) is 4.98 Å². The number of carbonyl (C=O) groups is 1. The van der Waals surface area contributed by atoms with Crippen LogP contribution in [0.3, 0.4) is 0 Å². The molecular weight excluding hydrogens is 428 g/mol. The second kappa shape index (κ2) is 10.0. The zero-order chi connectivity index (χ0) is 21.8. The predicted octanol–water partition coefficient (Wildman–Crippen LogP) is 5.46. The average molecular weight is 457 g/mol. The number of nitrogens with zero attached hydrogens (tertiary/aromatic N) is 2. The quantitative estimate of drug-likeness (QED) is 0.195. The SMILES string of the molecule is CCCCCOC(=O)CSc1nc2sc3c(c2c(=O)n1-c1ccc(C)cc1)CCCC3. The minimum Gasteiger partial charge on any atom is -0.465 e. The first-order valence-corrected chi connectivity index (χ1v) is 12.8. The van der Waals surface area contributed by atoms with Crippen molar-refractivity contribution >= 4 is 39.3 Å². The fourth-order valence-electron chi connectivity index (χ4n) is 3.91. The standard InChI is InChI=1S/C24H28N2O3S2/c1-3-4-7-14-29-20(27)15-30-24-25-22-21(18-8-5-6-9-19(18)31-22)23(28)26(24)17-12-10-16(2)11-13-17/h10-13H,3-9,14-15H2,1-2H3. The van der Waals surface area contributed by atoms with E-state index < -0.39 is 0 Å². The summed E-state index contributed by atoms with van der Waals surface area (Å²) < 4.78 is 7.00. The third-order valence-electron chi connectivity index (χ3n) is 5.58. The van der Waals surface area contributed by atoms with Gasteiger partial charge >= 0.3 is 5.97 Å². The lowest BCUT2D eigenvalue weighted by Gasteiger charge is -2.14. The molecule has 7 heteroatoms. The molecule has 2 heterocycles. The Bertz CT molecular complexity index is 1130. The molecule has 1 aliphatic carbocycles. The number of thioether (sulfide) groups is 1. The molecule has 0 aliphatic heterocycles. The molecule has 0 radical (unpaired) electrons. The van der Waals surface area contributed by atoms with Gasteiger partial charge in [-0.2, -0.15) is 0 Å². The van der Waals surface area contributed by atoms with Crippen molar-refractivity contribution in [3.05, 3.63) is 50.6 Å². The Morgan fingerprint density at radius 3 is 2.74 bits per heavy atom. The van der Waals surface area contributed by atoms with E-state index in [9.17, 15) is 9.59 Å². The molecular formula is C24H28N2O3S2. The summed E-state index contributed by atoms with van der Waals surface area (Å²) in [6, 6.07) is 7.86. The van der Waals surface area contributed by atoms with E-state index in [1.807, 2.05) is 31.2 Å². The summed E-state index contributed by atoms with van der Waals surface area (Å²) in [4.78, 5) is 32.8. The van der Waals surface area contributed by atoms with Crippen LogP contribution in [0.15, 0.2) is 34.2 Å². The smallest absolute Gasteiger partial charge is 0.316 e. The molecule has 1 aliphatic rings. The third kappa shape index (κ3) is 4.88. The highest BCUT2D eigenvalue weighted by Crippen LogP contribution is 2.35. The number of fused-ring (bicyclic) bond motifs is 3. The zero-order valence-corrected chi connectivity index (χ0v) is 19.7. The Morgan fingerprint density at radius 2 is 1.97 bits per heavy atom. The van der Waals surface area contributed by atoms with Gasteiger partial charge in [0.1, 0.15) is 4.83 Å². The van der Waals surface area contributed by atoms with Crippen LogP contribution in [0.5, 0.6) is 0 Å². The third-order valence-corrected chi connectivity index (χ3v) is 7.68. The first kappa shape index (κ1) is 22.1. The van der Waals surface area contributed by atoms with Gasteiger partial charge in [0.05, 0.1) is 23.4 Å². The molecule has 164 valence electrons. The molecule has 0 bridgehead atoms. The van der Waals surface area contributed by atoms with Gasteiger partial charge in [-0.1, -0.05) is 49.2 Å². The van der Waals surface area contributed by atoms with Crippen molar-refractivity contribution in [2.45, 2.75) is 63.9 Å². The maximum absolute atomic E-state index is 13.7. The monoisotopic (exact) mass is 456 g/mol. The van der Waals surface area contributed by atoms with Crippen LogP contribution in [0, 0.1) is 6.92 Å². The number of aromatic nitrogens is 2. The van der Waals surface area contributed by atoms with E-state index in [2.05, 4.69) is 6.92 Å². The lowest BCUT2D eigenvalue weighted by Crippen LogP contribution is -2.23. The molecule has 0 fully saturated rings. The second-order valence-corrected chi connectivity index (χ2v) is 10.0. The number of carbonyl (C=O) groups excluding carboxylic acids is 1. The molecule has 0 saturated carbocycles. The van der Waals surface area contributed by atoms with Gasteiger partial charge in [-0.05, 0) is 56.7 Å². The van der Waals surface area contributed by atoms with E-state index in [0.29, 0.717) is 11.8 Å². The van der Waals surface area contributed by atoms with Gasteiger partial charge in [0, 0.05) is 4.88 Å². The number of benzene rings is 1. The minimum absolute atomic E-state index is 0.0351. The van der Waals surface area contributed by atoms with E-state index in [1.54, 1.807) is 15.9 Å². The molecule has 0 spiro atoms. The Morgan fingerprint density at radius 1 is 1.19 bits per heavy atom. The molecule has 0 unspecified atom stereocenters. The van der Waals surface area contributed by atoms with Crippen LogP contribution in [0.4, 0.5) is 0 Å². The average Bonchev–Trinajstić information content (AvgIpc) is 3.15. The Balaban J connectivity index is 1.69. The normalized spacial score (nSPS) is 13.4. The maximum atomic E-state index is 13.7. The number of esters is 1. The largest absolute Gasteiger partial charge is 0.465 e. The number of rotatable bonds is 8. The van der Waals surface area contributed by atoms with E-state index >= 15 is 0 Å². The number of thiophene rings is 1. The van der Waals surface area contributed by atoms with E-state index in [1.165, 1.54) is 22.2 Å². The predicted molar refractivity (Wildman–Crippen MR) is 128 cm³/mol. The van der Waals surface area contributed by atoms with Crippen LogP contribution in [-0.4, -0.2) is 27.9 Å². The first-order chi connectivity index (χ1) is 15.1. The molecule has 31 heavy (non-hydrogen) atoms. The van der Waals surface area contributed by atoms with E-state index in [4.69, 9.17) is 9.72 Å². The van der Waals surface area contributed by atoms with Crippen molar-refractivity contribution in [3.8, 4) is 5.69 Å². The Kier molecular flexibility index (Phi) is 7.13. The molecule has 5 nitrogen and oxygen atoms in total. The summed E-state index contributed by atoms with van der Waals surface area (Å²) in [6.45, 7) is 4.59. The fraction of sp³-hybridized carbons (Fsp3) is 0.458. The summed E-state index contributed by atoms with van der Waals surface area (Å²) >= 11 is 2.91. The molecule has 0 amide bonds. The lowest BCUT2D eigenvalue weighted by molar-refractivity contribution is -0.140. The fourth-order valence-corrected chi connectivity index (χ4v) is 6.02. The van der Waals surface area contributed by atoms with E-state index in [-0.39, 0.29) is 17.3 Å². The van der Waals surface area contributed by atoms with Crippen molar-refractivity contribution in [1.29, 1.82) is 0 Å². The van der Waals surface area contributed by atoms with Crippen molar-refractivity contribution in [2.75, 3.05) is 12.4 Å². The molecule has 0 saturated heterocycles. The highest BCUT2D eigenvalue weighted by molar-refractivity contribution is 7.99. The van der Waals surface area contributed by atoms with Crippen LogP contribution in [0.2, 0.25) is 0 Å². The summed E-state index contributed by atoms with van der Waals surface area (Å²) in [5.74, 6) is -0.127. The first-order valence-electron chi connectivity index (χ1n) is 11.0. The van der Waals surface area contributed by atoms with Crippen molar-refractivity contribution in [3.63, 3.8) is 0 Å². The van der Waals surface area contributed by atoms with Gasteiger partial charge in [0.15, 0.2) is 5.16 Å². The van der Waals surface area contributed by atoms with E-state index in [0.717, 1.165) is 66.4 Å².